The Morgan fingerprint density at radius 1 is 1.38 bits per heavy atom. The quantitative estimate of drug-likeness (QED) is 0.775. The highest BCUT2D eigenvalue weighted by molar-refractivity contribution is 5.80. The van der Waals surface area contributed by atoms with Crippen LogP contribution >= 0.6 is 0 Å². The predicted octanol–water partition coefficient (Wildman–Crippen LogP) is 1.78. The smallest absolute Gasteiger partial charge is 0.227 e. The van der Waals surface area contributed by atoms with Gasteiger partial charge in [0.25, 0.3) is 0 Å². The molecule has 16 heavy (non-hydrogen) atoms. The highest BCUT2D eigenvalue weighted by atomic mass is 16.2. The molecular formula is C13H24N2O. The lowest BCUT2D eigenvalue weighted by Crippen LogP contribution is -2.47. The second-order valence-corrected chi connectivity index (χ2v) is 5.28. The molecule has 0 bridgehead atoms. The van der Waals surface area contributed by atoms with E-state index in [1.807, 2.05) is 0 Å². The molecule has 0 aromatic heterocycles. The van der Waals surface area contributed by atoms with Crippen LogP contribution in [0, 0.1) is 5.92 Å². The maximum Gasteiger partial charge on any atom is 0.227 e. The summed E-state index contributed by atoms with van der Waals surface area (Å²) in [6.07, 6.45) is 5.71. The first-order chi connectivity index (χ1) is 7.74. The Hall–Kier alpha value is -0.570. The third-order valence-electron chi connectivity index (χ3n) is 4.16. The van der Waals surface area contributed by atoms with E-state index in [0.717, 1.165) is 32.4 Å². The molecule has 2 heterocycles. The SMILES string of the molecule is CCC1CCC(C)N1C(=O)[C@@H]1CCCNC1. The molecule has 3 atom stereocenters. The molecule has 3 nitrogen and oxygen atoms in total. The molecule has 0 spiro atoms. The van der Waals surface area contributed by atoms with Crippen LogP contribution in [-0.2, 0) is 4.79 Å². The molecule has 0 aromatic rings. The standard InChI is InChI=1S/C13H24N2O/c1-3-12-7-6-10(2)15(12)13(16)11-5-4-8-14-9-11/h10-12,14H,3-9H2,1-2H3/t10?,11-,12?/m1/s1. The van der Waals surface area contributed by atoms with Gasteiger partial charge in [-0.1, -0.05) is 6.92 Å². The van der Waals surface area contributed by atoms with Crippen LogP contribution in [0.3, 0.4) is 0 Å². The van der Waals surface area contributed by atoms with Crippen LogP contribution in [0.15, 0.2) is 0 Å². The van der Waals surface area contributed by atoms with E-state index in [0.29, 0.717) is 18.0 Å². The van der Waals surface area contributed by atoms with Gasteiger partial charge < -0.3 is 10.2 Å². The molecule has 3 heteroatoms. The number of carbonyl (C=O) groups excluding carboxylic acids is 1. The van der Waals surface area contributed by atoms with Crippen LogP contribution in [0.2, 0.25) is 0 Å². The van der Waals surface area contributed by atoms with E-state index in [1.165, 1.54) is 12.8 Å². The summed E-state index contributed by atoms with van der Waals surface area (Å²) in [5.41, 5.74) is 0. The van der Waals surface area contributed by atoms with E-state index in [-0.39, 0.29) is 5.92 Å². The monoisotopic (exact) mass is 224 g/mol. The number of likely N-dealkylation sites (tertiary alicyclic amines) is 1. The molecule has 2 rings (SSSR count). The number of hydrogen-bond donors (Lipinski definition) is 1. The van der Waals surface area contributed by atoms with E-state index in [9.17, 15) is 4.79 Å². The molecule has 2 unspecified atom stereocenters. The first kappa shape index (κ1) is 11.9. The maximum absolute atomic E-state index is 12.5. The van der Waals surface area contributed by atoms with Crippen molar-refractivity contribution in [3.8, 4) is 0 Å². The van der Waals surface area contributed by atoms with Crippen molar-refractivity contribution in [3.63, 3.8) is 0 Å². The molecule has 1 N–H and O–H groups in total. The number of nitrogens with zero attached hydrogens (tertiary/aromatic N) is 1. The van der Waals surface area contributed by atoms with E-state index in [1.54, 1.807) is 0 Å². The van der Waals surface area contributed by atoms with Gasteiger partial charge in [-0.15, -0.1) is 0 Å². The van der Waals surface area contributed by atoms with Crippen LogP contribution in [0.4, 0.5) is 0 Å². The van der Waals surface area contributed by atoms with Gasteiger partial charge in [0.05, 0.1) is 5.92 Å². The van der Waals surface area contributed by atoms with Crippen molar-refractivity contribution in [2.45, 2.75) is 58.0 Å². The second-order valence-electron chi connectivity index (χ2n) is 5.28. The fourth-order valence-electron chi connectivity index (χ4n) is 3.14. The van der Waals surface area contributed by atoms with E-state index in [2.05, 4.69) is 24.1 Å². The maximum atomic E-state index is 12.5. The molecule has 92 valence electrons. The van der Waals surface area contributed by atoms with Crippen molar-refractivity contribution in [2.75, 3.05) is 13.1 Å². The first-order valence-electron chi connectivity index (χ1n) is 6.77. The average molecular weight is 224 g/mol. The zero-order valence-corrected chi connectivity index (χ0v) is 10.5. The lowest BCUT2D eigenvalue weighted by Gasteiger charge is -2.33. The Morgan fingerprint density at radius 2 is 2.19 bits per heavy atom. The summed E-state index contributed by atoms with van der Waals surface area (Å²) in [6.45, 7) is 6.36. The van der Waals surface area contributed by atoms with Crippen molar-refractivity contribution in [2.24, 2.45) is 5.92 Å². The van der Waals surface area contributed by atoms with Gasteiger partial charge in [0.15, 0.2) is 0 Å². The minimum Gasteiger partial charge on any atom is -0.337 e. The largest absolute Gasteiger partial charge is 0.337 e. The second kappa shape index (κ2) is 5.17. The summed E-state index contributed by atoms with van der Waals surface area (Å²) in [7, 11) is 0. The van der Waals surface area contributed by atoms with Gasteiger partial charge in [-0.3, -0.25) is 4.79 Å². The number of amides is 1. The first-order valence-corrected chi connectivity index (χ1v) is 6.77. The van der Waals surface area contributed by atoms with Gasteiger partial charge in [-0.05, 0) is 45.6 Å². The third kappa shape index (κ3) is 2.24. The number of nitrogens with one attached hydrogen (secondary N) is 1. The molecule has 2 saturated heterocycles. The van der Waals surface area contributed by atoms with Crippen molar-refractivity contribution in [1.29, 1.82) is 0 Å². The Kier molecular flexibility index (Phi) is 3.85. The van der Waals surface area contributed by atoms with Gasteiger partial charge in [0.1, 0.15) is 0 Å². The van der Waals surface area contributed by atoms with E-state index in [4.69, 9.17) is 0 Å². The number of rotatable bonds is 2. The van der Waals surface area contributed by atoms with E-state index < -0.39 is 0 Å². The fourth-order valence-corrected chi connectivity index (χ4v) is 3.14. The van der Waals surface area contributed by atoms with Gasteiger partial charge in [0, 0.05) is 18.6 Å². The predicted molar refractivity (Wildman–Crippen MR) is 65.2 cm³/mol. The number of carbonyl (C=O) groups is 1. The Labute approximate surface area is 98.6 Å². The lowest BCUT2D eigenvalue weighted by molar-refractivity contribution is -0.138. The molecule has 0 saturated carbocycles. The van der Waals surface area contributed by atoms with Gasteiger partial charge >= 0.3 is 0 Å². The summed E-state index contributed by atoms with van der Waals surface area (Å²) in [5, 5.41) is 3.34. The Balaban J connectivity index is 2.01. The molecule has 0 aromatic carbocycles. The zero-order valence-electron chi connectivity index (χ0n) is 10.5. The summed E-state index contributed by atoms with van der Waals surface area (Å²) in [5.74, 6) is 0.646. The Morgan fingerprint density at radius 3 is 2.81 bits per heavy atom. The van der Waals surface area contributed by atoms with Crippen LogP contribution < -0.4 is 5.32 Å². The highest BCUT2D eigenvalue weighted by Gasteiger charge is 2.36. The lowest BCUT2D eigenvalue weighted by atomic mass is 9.97. The molecule has 0 radical (unpaired) electrons. The van der Waals surface area contributed by atoms with Gasteiger partial charge in [-0.25, -0.2) is 0 Å². The third-order valence-corrected chi connectivity index (χ3v) is 4.16. The summed E-state index contributed by atoms with van der Waals surface area (Å²) < 4.78 is 0. The van der Waals surface area contributed by atoms with Gasteiger partial charge in [-0.2, -0.15) is 0 Å². The topological polar surface area (TPSA) is 32.3 Å². The normalized spacial score (nSPS) is 35.4. The van der Waals surface area contributed by atoms with Crippen molar-refractivity contribution in [1.82, 2.24) is 10.2 Å². The van der Waals surface area contributed by atoms with Crippen molar-refractivity contribution >= 4 is 5.91 Å². The van der Waals surface area contributed by atoms with E-state index >= 15 is 0 Å². The van der Waals surface area contributed by atoms with Crippen LogP contribution in [0.1, 0.15) is 46.0 Å². The summed E-state index contributed by atoms with van der Waals surface area (Å²) >= 11 is 0. The molecule has 2 aliphatic heterocycles. The van der Waals surface area contributed by atoms with Gasteiger partial charge in [0.2, 0.25) is 5.91 Å². The van der Waals surface area contributed by atoms with Crippen molar-refractivity contribution in [3.05, 3.63) is 0 Å². The Bertz CT molecular complexity index is 248. The fraction of sp³-hybridized carbons (Fsp3) is 0.923. The highest BCUT2D eigenvalue weighted by Crippen LogP contribution is 2.28. The molecule has 0 aliphatic carbocycles. The molecular weight excluding hydrogens is 200 g/mol. The van der Waals surface area contributed by atoms with Crippen LogP contribution in [-0.4, -0.2) is 36.0 Å². The molecule has 2 fully saturated rings. The van der Waals surface area contributed by atoms with Crippen molar-refractivity contribution < 1.29 is 4.79 Å². The van der Waals surface area contributed by atoms with Crippen LogP contribution in [0.5, 0.6) is 0 Å². The molecule has 1 amide bonds. The minimum absolute atomic E-state index is 0.239. The summed E-state index contributed by atoms with van der Waals surface area (Å²) in [6, 6.07) is 0.962. The number of hydrogen-bond acceptors (Lipinski definition) is 2. The number of piperidine rings is 1. The minimum atomic E-state index is 0.239. The molecule has 2 aliphatic rings. The van der Waals surface area contributed by atoms with Crippen LogP contribution in [0.25, 0.3) is 0 Å². The zero-order chi connectivity index (χ0) is 11.5. The average Bonchev–Trinajstić information content (AvgIpc) is 2.70. The summed E-state index contributed by atoms with van der Waals surface area (Å²) in [4.78, 5) is 14.6.